The van der Waals surface area contributed by atoms with Gasteiger partial charge in [-0.05, 0) is 49.2 Å². The molecule has 22 heavy (non-hydrogen) atoms. The van der Waals surface area contributed by atoms with Crippen LogP contribution in [0.4, 0.5) is 5.69 Å². The smallest absolute Gasteiger partial charge is 0.339 e. The normalized spacial score (nSPS) is 9.77. The van der Waals surface area contributed by atoms with Crippen LogP contribution in [0.1, 0.15) is 27.2 Å². The highest BCUT2D eigenvalue weighted by atomic mass is 35.5. The summed E-state index contributed by atoms with van der Waals surface area (Å²) in [5, 5.41) is 0. The topological polar surface area (TPSA) is 74.4 Å². The minimum Gasteiger partial charge on any atom is -0.485 e. The lowest BCUT2D eigenvalue weighted by Crippen LogP contribution is -2.05. The van der Waals surface area contributed by atoms with E-state index in [2.05, 4.69) is 9.72 Å². The molecule has 0 atom stereocenters. The number of ether oxygens (including phenoxy) is 2. The van der Waals surface area contributed by atoms with Crippen LogP contribution in [0.25, 0.3) is 0 Å². The van der Waals surface area contributed by atoms with E-state index in [1.54, 1.807) is 12.1 Å². The number of rotatable bonds is 4. The molecule has 0 spiro atoms. The Morgan fingerprint density at radius 2 is 1.91 bits per heavy atom. The van der Waals surface area contributed by atoms with Crippen molar-refractivity contribution in [2.24, 2.45) is 0 Å². The molecule has 2 aromatic rings. The quantitative estimate of drug-likeness (QED) is 0.691. The molecule has 2 N–H and O–H groups in total. The average Bonchev–Trinajstić information content (AvgIpc) is 2.49. The maximum atomic E-state index is 11.3. The Morgan fingerprint density at radius 3 is 2.50 bits per heavy atom. The summed E-state index contributed by atoms with van der Waals surface area (Å²) in [5.74, 6) is 0.227. The summed E-state index contributed by atoms with van der Waals surface area (Å²) < 4.78 is 10.3. The molecule has 0 aliphatic heterocycles. The molecule has 0 saturated carbocycles. The number of nitrogens with two attached hydrogens (primary N) is 1. The molecule has 0 radical (unpaired) electrons. The van der Waals surface area contributed by atoms with Crippen LogP contribution >= 0.6 is 12.4 Å². The van der Waals surface area contributed by atoms with Crippen LogP contribution < -0.4 is 10.5 Å². The summed E-state index contributed by atoms with van der Waals surface area (Å²) in [6.45, 7) is 4.29. The minimum atomic E-state index is -0.409. The zero-order valence-electron chi connectivity index (χ0n) is 12.8. The molecule has 0 aliphatic carbocycles. The number of nitrogens with zero attached hydrogens (tertiary/aromatic N) is 1. The monoisotopic (exact) mass is 322 g/mol. The maximum absolute atomic E-state index is 11.3. The van der Waals surface area contributed by atoms with Crippen LogP contribution in [0.5, 0.6) is 5.75 Å². The molecule has 1 aromatic carbocycles. The first-order valence-corrected chi connectivity index (χ1v) is 6.54. The number of methoxy groups -OCH3 is 1. The second kappa shape index (κ2) is 7.66. The van der Waals surface area contributed by atoms with E-state index in [4.69, 9.17) is 10.5 Å². The largest absolute Gasteiger partial charge is 0.485 e. The van der Waals surface area contributed by atoms with E-state index in [0.717, 1.165) is 11.1 Å². The Morgan fingerprint density at radius 1 is 1.23 bits per heavy atom. The number of carbonyl (C=O) groups is 1. The molecule has 5 nitrogen and oxygen atoms in total. The second-order valence-electron chi connectivity index (χ2n) is 4.79. The summed E-state index contributed by atoms with van der Waals surface area (Å²) >= 11 is 0. The van der Waals surface area contributed by atoms with Crippen LogP contribution in [0.2, 0.25) is 0 Å². The number of aromatic nitrogens is 1. The van der Waals surface area contributed by atoms with Crippen LogP contribution in [-0.2, 0) is 11.3 Å². The molecule has 0 aliphatic rings. The molecule has 1 aromatic heterocycles. The molecule has 0 amide bonds. The second-order valence-corrected chi connectivity index (χ2v) is 4.79. The number of nitrogen functional groups attached to an aromatic ring is 1. The van der Waals surface area contributed by atoms with Gasteiger partial charge in [0.2, 0.25) is 0 Å². The third kappa shape index (κ3) is 4.11. The van der Waals surface area contributed by atoms with Crippen LogP contribution in [0.15, 0.2) is 30.5 Å². The molecular formula is C16H19ClN2O3. The molecule has 0 bridgehead atoms. The fraction of sp³-hybridized carbons (Fsp3) is 0.250. The number of halogens is 1. The number of benzene rings is 1. The van der Waals surface area contributed by atoms with Gasteiger partial charge in [-0.25, -0.2) is 4.79 Å². The summed E-state index contributed by atoms with van der Waals surface area (Å²) in [5.41, 5.74) is 9.89. The lowest BCUT2D eigenvalue weighted by molar-refractivity contribution is 0.0600. The van der Waals surface area contributed by atoms with Crippen molar-refractivity contribution in [3.63, 3.8) is 0 Å². The summed E-state index contributed by atoms with van der Waals surface area (Å²) in [6, 6.07) is 7.18. The predicted octanol–water partition coefficient (Wildman–Crippen LogP) is 3.07. The van der Waals surface area contributed by atoms with E-state index in [0.29, 0.717) is 22.7 Å². The lowest BCUT2D eigenvalue weighted by Gasteiger charge is -2.11. The van der Waals surface area contributed by atoms with E-state index >= 15 is 0 Å². The van der Waals surface area contributed by atoms with Crippen molar-refractivity contribution in [2.75, 3.05) is 12.8 Å². The Labute approximate surface area is 135 Å². The standard InChI is InChI=1S/C16H18N2O3.ClH/c1-10-6-14(17)15(7-11(10)2)21-9-13-5-4-12(8-18-13)16(19)20-3;/h4-8H,9,17H2,1-3H3;1H. The summed E-state index contributed by atoms with van der Waals surface area (Å²) in [7, 11) is 1.34. The van der Waals surface area contributed by atoms with Gasteiger partial charge in [0.25, 0.3) is 0 Å². The minimum absolute atomic E-state index is 0. The highest BCUT2D eigenvalue weighted by molar-refractivity contribution is 5.88. The Hall–Kier alpha value is -2.27. The summed E-state index contributed by atoms with van der Waals surface area (Å²) in [4.78, 5) is 15.5. The molecule has 0 saturated heterocycles. The molecule has 2 rings (SSSR count). The number of pyridine rings is 1. The van der Waals surface area contributed by atoms with Gasteiger partial charge in [0.15, 0.2) is 0 Å². The van der Waals surface area contributed by atoms with Gasteiger partial charge >= 0.3 is 5.97 Å². The van der Waals surface area contributed by atoms with Crippen LogP contribution in [0.3, 0.4) is 0 Å². The van der Waals surface area contributed by atoms with Crippen molar-refractivity contribution < 1.29 is 14.3 Å². The Bertz CT molecular complexity index is 657. The first kappa shape index (κ1) is 17.8. The van der Waals surface area contributed by atoms with Gasteiger partial charge in [-0.1, -0.05) is 0 Å². The highest BCUT2D eigenvalue weighted by Crippen LogP contribution is 2.26. The van der Waals surface area contributed by atoms with E-state index in [1.165, 1.54) is 13.3 Å². The molecule has 0 unspecified atom stereocenters. The van der Waals surface area contributed by atoms with Gasteiger partial charge in [0, 0.05) is 6.20 Å². The van der Waals surface area contributed by atoms with Crippen molar-refractivity contribution in [1.82, 2.24) is 4.98 Å². The first-order valence-electron chi connectivity index (χ1n) is 6.54. The van der Waals surface area contributed by atoms with Gasteiger partial charge < -0.3 is 15.2 Å². The molecular weight excluding hydrogens is 304 g/mol. The zero-order chi connectivity index (χ0) is 15.4. The maximum Gasteiger partial charge on any atom is 0.339 e. The highest BCUT2D eigenvalue weighted by Gasteiger charge is 2.07. The predicted molar refractivity (Wildman–Crippen MR) is 87.5 cm³/mol. The number of hydrogen-bond acceptors (Lipinski definition) is 5. The van der Waals surface area contributed by atoms with Gasteiger partial charge in [-0.15, -0.1) is 12.4 Å². The molecule has 118 valence electrons. The van der Waals surface area contributed by atoms with Gasteiger partial charge in [-0.3, -0.25) is 4.98 Å². The number of aryl methyl sites for hydroxylation is 2. The molecule has 0 fully saturated rings. The SMILES string of the molecule is COC(=O)c1ccc(COc2cc(C)c(C)cc2N)nc1.Cl. The van der Waals surface area contributed by atoms with E-state index < -0.39 is 5.97 Å². The van der Waals surface area contributed by atoms with Gasteiger partial charge in [-0.2, -0.15) is 0 Å². The molecule has 1 heterocycles. The average molecular weight is 323 g/mol. The number of esters is 1. The number of carbonyl (C=O) groups excluding carboxylic acids is 1. The van der Waals surface area contributed by atoms with E-state index in [1.807, 2.05) is 26.0 Å². The lowest BCUT2D eigenvalue weighted by atomic mass is 10.1. The van der Waals surface area contributed by atoms with Gasteiger partial charge in [0.05, 0.1) is 24.1 Å². The Balaban J connectivity index is 0.00000242. The number of hydrogen-bond donors (Lipinski definition) is 1. The van der Waals surface area contributed by atoms with Gasteiger partial charge in [0.1, 0.15) is 12.4 Å². The van der Waals surface area contributed by atoms with Crippen molar-refractivity contribution in [3.8, 4) is 5.75 Å². The first-order chi connectivity index (χ1) is 10.0. The fourth-order valence-corrected chi connectivity index (χ4v) is 1.84. The zero-order valence-corrected chi connectivity index (χ0v) is 13.6. The van der Waals surface area contributed by atoms with Crippen LogP contribution in [-0.4, -0.2) is 18.1 Å². The van der Waals surface area contributed by atoms with Crippen molar-refractivity contribution >= 4 is 24.1 Å². The van der Waals surface area contributed by atoms with E-state index in [9.17, 15) is 4.79 Å². The Kier molecular flexibility index (Phi) is 6.19. The number of anilines is 1. The van der Waals surface area contributed by atoms with Crippen molar-refractivity contribution in [1.29, 1.82) is 0 Å². The summed E-state index contributed by atoms with van der Waals surface area (Å²) in [6.07, 6.45) is 1.47. The van der Waals surface area contributed by atoms with Crippen molar-refractivity contribution in [2.45, 2.75) is 20.5 Å². The third-order valence-electron chi connectivity index (χ3n) is 3.25. The van der Waals surface area contributed by atoms with E-state index in [-0.39, 0.29) is 19.0 Å². The van der Waals surface area contributed by atoms with Crippen LogP contribution in [0, 0.1) is 13.8 Å². The van der Waals surface area contributed by atoms with Crippen molar-refractivity contribution in [3.05, 3.63) is 52.8 Å². The molecule has 6 heteroatoms. The fourth-order valence-electron chi connectivity index (χ4n) is 1.84. The third-order valence-corrected chi connectivity index (χ3v) is 3.25.